The number of rotatable bonds is 6. The molecule has 0 saturated carbocycles. The molecule has 0 radical (unpaired) electrons. The van der Waals surface area contributed by atoms with E-state index in [9.17, 15) is 0 Å². The minimum absolute atomic E-state index is 0.132. The Balaban J connectivity index is 3.02. The van der Waals surface area contributed by atoms with Gasteiger partial charge < -0.3 is 15.9 Å². The quantitative estimate of drug-likeness (QED) is 0.316. The number of hydrogen-bond acceptors (Lipinski definition) is 5. The summed E-state index contributed by atoms with van der Waals surface area (Å²) in [5.41, 5.74) is 6.29. The molecule has 0 unspecified atom stereocenters. The fourth-order valence-electron chi connectivity index (χ4n) is 1.84. The number of pyridine rings is 1. The molecular formula is C16H21ClN6O. The van der Waals surface area contributed by atoms with Crippen LogP contribution in [0.5, 0.6) is 0 Å². The fraction of sp³-hybridized carbons (Fsp3) is 0.188. The van der Waals surface area contributed by atoms with Gasteiger partial charge in [0.15, 0.2) is 5.96 Å². The molecule has 1 aromatic heterocycles. The van der Waals surface area contributed by atoms with Crippen LogP contribution in [-0.2, 0) is 10.4 Å². The summed E-state index contributed by atoms with van der Waals surface area (Å²) in [6.07, 6.45) is 5.95. The van der Waals surface area contributed by atoms with Gasteiger partial charge in [-0.1, -0.05) is 30.8 Å². The molecule has 0 amide bonds. The minimum Gasteiger partial charge on any atom is -0.390 e. The second-order valence-corrected chi connectivity index (χ2v) is 5.48. The number of nitrogens with zero attached hydrogens (tertiary/aromatic N) is 3. The molecule has 0 aliphatic carbocycles. The fourth-order valence-corrected chi connectivity index (χ4v) is 2.19. The maximum absolute atomic E-state index is 6.16. The molecule has 128 valence electrons. The zero-order valence-electron chi connectivity index (χ0n) is 13.7. The van der Waals surface area contributed by atoms with Crippen LogP contribution in [0.4, 0.5) is 0 Å². The molecule has 0 atom stereocenters. The number of nitrogens with one attached hydrogen (secondary N) is 1. The van der Waals surface area contributed by atoms with Crippen molar-refractivity contribution < 1.29 is 4.84 Å². The average molecular weight is 349 g/mol. The van der Waals surface area contributed by atoms with Gasteiger partial charge in [-0.25, -0.2) is 9.98 Å². The lowest BCUT2D eigenvalue weighted by Crippen LogP contribution is -2.32. The van der Waals surface area contributed by atoms with E-state index in [2.05, 4.69) is 38.3 Å². The first-order chi connectivity index (χ1) is 11.4. The summed E-state index contributed by atoms with van der Waals surface area (Å²) in [4.78, 5) is 17.2. The van der Waals surface area contributed by atoms with Crippen LogP contribution in [0.15, 0.2) is 65.5 Å². The Hall–Kier alpha value is -2.64. The van der Waals surface area contributed by atoms with Crippen LogP contribution >= 0.6 is 11.6 Å². The molecule has 0 aromatic carbocycles. The van der Waals surface area contributed by atoms with Gasteiger partial charge in [-0.2, -0.15) is 5.90 Å². The molecule has 0 spiro atoms. The molecule has 8 heteroatoms. The Morgan fingerprint density at radius 2 is 2.17 bits per heavy atom. The number of halogens is 1. The van der Waals surface area contributed by atoms with E-state index in [0.29, 0.717) is 16.3 Å². The number of hydrogen-bond donors (Lipinski definition) is 3. The summed E-state index contributed by atoms with van der Waals surface area (Å²) in [5, 5.41) is 3.34. The molecule has 1 heterocycles. The summed E-state index contributed by atoms with van der Waals surface area (Å²) in [6.45, 7) is 10.8. The van der Waals surface area contributed by atoms with Crippen LogP contribution in [0.2, 0.25) is 5.02 Å². The molecule has 1 rings (SSSR count). The Labute approximate surface area is 146 Å². The van der Waals surface area contributed by atoms with Gasteiger partial charge >= 0.3 is 0 Å². The third-order valence-corrected chi connectivity index (χ3v) is 3.21. The van der Waals surface area contributed by atoms with Crippen molar-refractivity contribution in [3.05, 3.63) is 66.3 Å². The third kappa shape index (κ3) is 5.22. The van der Waals surface area contributed by atoms with Gasteiger partial charge in [-0.05, 0) is 26.0 Å². The normalized spacial score (nSPS) is 13.4. The Kier molecular flexibility index (Phi) is 7.16. The van der Waals surface area contributed by atoms with Crippen LogP contribution in [0, 0.1) is 0 Å². The SMILES string of the molecule is C=CN=C(ON)/C(C=C)=C/NC(N)=NC(C)(C)c1ncccc1Cl. The van der Waals surface area contributed by atoms with Gasteiger partial charge in [0.05, 0.1) is 16.3 Å². The molecule has 0 aliphatic rings. The molecule has 1 aromatic rings. The van der Waals surface area contributed by atoms with Crippen molar-refractivity contribution in [1.82, 2.24) is 10.3 Å². The van der Waals surface area contributed by atoms with Crippen molar-refractivity contribution in [3.8, 4) is 0 Å². The van der Waals surface area contributed by atoms with Crippen molar-refractivity contribution >= 4 is 23.5 Å². The predicted molar refractivity (Wildman–Crippen MR) is 98.2 cm³/mol. The van der Waals surface area contributed by atoms with Crippen molar-refractivity contribution in [1.29, 1.82) is 0 Å². The predicted octanol–water partition coefficient (Wildman–Crippen LogP) is 2.38. The summed E-state index contributed by atoms with van der Waals surface area (Å²) in [5.74, 6) is 5.44. The van der Waals surface area contributed by atoms with Crippen molar-refractivity contribution in [2.45, 2.75) is 19.4 Å². The highest BCUT2D eigenvalue weighted by molar-refractivity contribution is 6.31. The van der Waals surface area contributed by atoms with Crippen molar-refractivity contribution in [3.63, 3.8) is 0 Å². The highest BCUT2D eigenvalue weighted by atomic mass is 35.5. The van der Waals surface area contributed by atoms with Gasteiger partial charge in [-0.3, -0.25) is 4.98 Å². The molecule has 0 bridgehead atoms. The Morgan fingerprint density at radius 3 is 2.71 bits per heavy atom. The van der Waals surface area contributed by atoms with Gasteiger partial charge in [0.25, 0.3) is 0 Å². The van der Waals surface area contributed by atoms with Crippen molar-refractivity contribution in [2.75, 3.05) is 0 Å². The van der Waals surface area contributed by atoms with Crippen LogP contribution in [0.3, 0.4) is 0 Å². The Morgan fingerprint density at radius 1 is 1.46 bits per heavy atom. The number of guanidine groups is 1. The van der Waals surface area contributed by atoms with E-state index >= 15 is 0 Å². The number of aromatic nitrogens is 1. The van der Waals surface area contributed by atoms with E-state index in [-0.39, 0.29) is 11.9 Å². The zero-order chi connectivity index (χ0) is 18.2. The number of aliphatic imine (C=N–C) groups is 2. The van der Waals surface area contributed by atoms with E-state index < -0.39 is 5.54 Å². The van der Waals surface area contributed by atoms with Gasteiger partial charge in [-0.15, -0.1) is 0 Å². The van der Waals surface area contributed by atoms with Crippen LogP contribution in [0.1, 0.15) is 19.5 Å². The third-order valence-electron chi connectivity index (χ3n) is 2.90. The topological polar surface area (TPSA) is 111 Å². The number of nitrogens with two attached hydrogens (primary N) is 2. The molecule has 24 heavy (non-hydrogen) atoms. The monoisotopic (exact) mass is 348 g/mol. The van der Waals surface area contributed by atoms with Gasteiger partial charge in [0, 0.05) is 18.6 Å². The summed E-state index contributed by atoms with van der Waals surface area (Å²) < 4.78 is 0. The molecular weight excluding hydrogens is 328 g/mol. The second kappa shape index (κ2) is 8.85. The van der Waals surface area contributed by atoms with E-state index in [0.717, 1.165) is 0 Å². The summed E-state index contributed by atoms with van der Waals surface area (Å²) >= 11 is 6.16. The highest BCUT2D eigenvalue weighted by Gasteiger charge is 2.24. The molecule has 5 N–H and O–H groups in total. The lowest BCUT2D eigenvalue weighted by molar-refractivity contribution is 0.322. The Bertz CT molecular complexity index is 694. The molecule has 0 fully saturated rings. The van der Waals surface area contributed by atoms with Crippen LogP contribution in [-0.4, -0.2) is 16.8 Å². The zero-order valence-corrected chi connectivity index (χ0v) is 14.4. The lowest BCUT2D eigenvalue weighted by Gasteiger charge is -2.21. The van der Waals surface area contributed by atoms with E-state index in [4.69, 9.17) is 23.2 Å². The maximum atomic E-state index is 6.16. The average Bonchev–Trinajstić information content (AvgIpc) is 2.54. The summed E-state index contributed by atoms with van der Waals surface area (Å²) in [7, 11) is 0. The van der Waals surface area contributed by atoms with Crippen molar-refractivity contribution in [2.24, 2.45) is 21.6 Å². The van der Waals surface area contributed by atoms with E-state index in [1.807, 2.05) is 13.8 Å². The maximum Gasteiger partial charge on any atom is 0.246 e. The van der Waals surface area contributed by atoms with Gasteiger partial charge in [0.2, 0.25) is 5.90 Å². The highest BCUT2D eigenvalue weighted by Crippen LogP contribution is 2.28. The first-order valence-electron chi connectivity index (χ1n) is 6.97. The van der Waals surface area contributed by atoms with Crippen LogP contribution < -0.4 is 16.9 Å². The lowest BCUT2D eigenvalue weighted by atomic mass is 10.0. The molecule has 0 saturated heterocycles. The minimum atomic E-state index is -0.722. The molecule has 7 nitrogen and oxygen atoms in total. The van der Waals surface area contributed by atoms with Gasteiger partial charge in [0.1, 0.15) is 5.54 Å². The van der Waals surface area contributed by atoms with E-state index in [1.165, 1.54) is 18.5 Å². The molecule has 0 aliphatic heterocycles. The second-order valence-electron chi connectivity index (χ2n) is 5.07. The smallest absolute Gasteiger partial charge is 0.246 e. The van der Waals surface area contributed by atoms with Crippen LogP contribution in [0.25, 0.3) is 0 Å². The first kappa shape index (κ1) is 19.4. The van der Waals surface area contributed by atoms with E-state index in [1.54, 1.807) is 18.3 Å². The largest absolute Gasteiger partial charge is 0.390 e. The first-order valence-corrected chi connectivity index (χ1v) is 7.34. The standard InChI is InChI=1S/C16H21ClN6O/c1-5-11(14(24-19)20-6-2)10-22-15(18)23-16(3,4)13-12(17)8-7-9-21-13/h5-10H,1-2,19H2,3-4H3,(H3,18,22,23)/b11-10+,20-14?. The summed E-state index contributed by atoms with van der Waals surface area (Å²) in [6, 6.07) is 3.50.